The molecule has 128 valence electrons. The van der Waals surface area contributed by atoms with E-state index in [1.54, 1.807) is 30.3 Å². The van der Waals surface area contributed by atoms with Crippen molar-refractivity contribution in [3.05, 3.63) is 81.4 Å². The summed E-state index contributed by atoms with van der Waals surface area (Å²) in [7, 11) is 1.30. The van der Waals surface area contributed by atoms with Gasteiger partial charge in [0.15, 0.2) is 0 Å². The quantitative estimate of drug-likeness (QED) is 0.347. The number of rotatable bonds is 6. The zero-order valence-electron chi connectivity index (χ0n) is 13.4. The van der Waals surface area contributed by atoms with Crippen LogP contribution in [0.15, 0.2) is 54.6 Å². The number of methoxy groups -OCH3 is 1. The number of benzene rings is 2. The van der Waals surface area contributed by atoms with Gasteiger partial charge in [-0.25, -0.2) is 9.59 Å². The molecule has 0 bridgehead atoms. The molecule has 0 fully saturated rings. The normalized spacial score (nSPS) is 10.4. The highest BCUT2D eigenvalue weighted by Gasteiger charge is 2.06. The van der Waals surface area contributed by atoms with Crippen LogP contribution in [0, 0.1) is 10.1 Å². The summed E-state index contributed by atoms with van der Waals surface area (Å²) in [6, 6.07) is 12.3. The molecule has 0 aliphatic carbocycles. The number of hydrogen-bond acceptors (Lipinski definition) is 6. The van der Waals surface area contributed by atoms with Crippen molar-refractivity contribution in [1.29, 1.82) is 0 Å². The van der Waals surface area contributed by atoms with Gasteiger partial charge in [0.25, 0.3) is 5.69 Å². The molecule has 0 saturated heterocycles. The van der Waals surface area contributed by atoms with Gasteiger partial charge in [0.1, 0.15) is 6.61 Å². The summed E-state index contributed by atoms with van der Waals surface area (Å²) in [5.41, 5.74) is 1.76. The summed E-state index contributed by atoms with van der Waals surface area (Å²) in [6.07, 6.45) is 2.82. The lowest BCUT2D eigenvalue weighted by Crippen LogP contribution is -2.01. The second-order valence-corrected chi connectivity index (χ2v) is 4.98. The number of nitro groups is 1. The lowest BCUT2D eigenvalue weighted by atomic mass is 10.1. The molecular weight excluding hydrogens is 326 g/mol. The van der Waals surface area contributed by atoms with Crippen molar-refractivity contribution in [2.45, 2.75) is 6.61 Å². The van der Waals surface area contributed by atoms with Gasteiger partial charge in [-0.3, -0.25) is 10.1 Å². The van der Waals surface area contributed by atoms with Crippen LogP contribution in [0.2, 0.25) is 0 Å². The molecule has 2 rings (SSSR count). The SMILES string of the molecule is COC(=O)c1ccc(/C=C/C(=O)OCc2ccc([N+](=O)[O-])cc2)cc1. The van der Waals surface area contributed by atoms with Crippen LogP contribution in [-0.2, 0) is 20.9 Å². The number of ether oxygens (including phenoxy) is 2. The van der Waals surface area contributed by atoms with Crippen molar-refractivity contribution in [1.82, 2.24) is 0 Å². The van der Waals surface area contributed by atoms with E-state index in [1.165, 1.54) is 37.5 Å². The third-order valence-corrected chi connectivity index (χ3v) is 3.27. The molecule has 0 spiro atoms. The number of nitrogens with zero attached hydrogens (tertiary/aromatic N) is 1. The highest BCUT2D eigenvalue weighted by molar-refractivity contribution is 5.90. The third kappa shape index (κ3) is 5.28. The van der Waals surface area contributed by atoms with Gasteiger partial charge in [-0.15, -0.1) is 0 Å². The lowest BCUT2D eigenvalue weighted by Gasteiger charge is -2.02. The number of nitro benzene ring substituents is 1. The molecule has 0 radical (unpaired) electrons. The number of hydrogen-bond donors (Lipinski definition) is 0. The highest BCUT2D eigenvalue weighted by atomic mass is 16.6. The molecule has 2 aromatic rings. The second kappa shape index (κ2) is 8.39. The van der Waals surface area contributed by atoms with Crippen LogP contribution in [-0.4, -0.2) is 24.0 Å². The molecule has 25 heavy (non-hydrogen) atoms. The summed E-state index contributed by atoms with van der Waals surface area (Å²) >= 11 is 0. The lowest BCUT2D eigenvalue weighted by molar-refractivity contribution is -0.384. The van der Waals surface area contributed by atoms with Crippen LogP contribution in [0.5, 0.6) is 0 Å². The van der Waals surface area contributed by atoms with Crippen molar-refractivity contribution in [2.75, 3.05) is 7.11 Å². The second-order valence-electron chi connectivity index (χ2n) is 4.98. The molecule has 0 unspecified atom stereocenters. The first-order valence-electron chi connectivity index (χ1n) is 7.26. The van der Waals surface area contributed by atoms with Gasteiger partial charge >= 0.3 is 11.9 Å². The monoisotopic (exact) mass is 341 g/mol. The van der Waals surface area contributed by atoms with E-state index in [9.17, 15) is 19.7 Å². The molecule has 7 nitrogen and oxygen atoms in total. The first-order valence-corrected chi connectivity index (χ1v) is 7.26. The maximum absolute atomic E-state index is 11.7. The van der Waals surface area contributed by atoms with Crippen molar-refractivity contribution < 1.29 is 24.0 Å². The van der Waals surface area contributed by atoms with E-state index in [-0.39, 0.29) is 12.3 Å². The first-order chi connectivity index (χ1) is 12.0. The van der Waals surface area contributed by atoms with Gasteiger partial charge in [0, 0.05) is 18.2 Å². The van der Waals surface area contributed by atoms with Crippen LogP contribution in [0.1, 0.15) is 21.5 Å². The molecular formula is C18H15NO6. The van der Waals surface area contributed by atoms with Crippen LogP contribution in [0.25, 0.3) is 6.08 Å². The zero-order chi connectivity index (χ0) is 18.2. The molecule has 0 amide bonds. The Morgan fingerprint density at radius 3 is 2.28 bits per heavy atom. The topological polar surface area (TPSA) is 95.7 Å². The van der Waals surface area contributed by atoms with Crippen LogP contribution in [0.4, 0.5) is 5.69 Å². The fourth-order valence-electron chi connectivity index (χ4n) is 1.93. The average Bonchev–Trinajstić information content (AvgIpc) is 2.64. The van der Waals surface area contributed by atoms with E-state index in [2.05, 4.69) is 4.74 Å². The fourth-order valence-corrected chi connectivity index (χ4v) is 1.93. The Morgan fingerprint density at radius 2 is 1.72 bits per heavy atom. The van der Waals surface area contributed by atoms with Gasteiger partial charge in [-0.05, 0) is 41.5 Å². The smallest absolute Gasteiger partial charge is 0.337 e. The number of carbonyl (C=O) groups excluding carboxylic acids is 2. The molecule has 7 heteroatoms. The summed E-state index contributed by atoms with van der Waals surface area (Å²) < 4.78 is 9.66. The van der Waals surface area contributed by atoms with Gasteiger partial charge in [0.05, 0.1) is 17.6 Å². The summed E-state index contributed by atoms with van der Waals surface area (Å²) in [5.74, 6) is -0.978. The van der Waals surface area contributed by atoms with Crippen LogP contribution in [0.3, 0.4) is 0 Å². The van der Waals surface area contributed by atoms with E-state index < -0.39 is 16.9 Å². The predicted molar refractivity (Wildman–Crippen MR) is 89.7 cm³/mol. The van der Waals surface area contributed by atoms with E-state index in [0.717, 1.165) is 5.56 Å². The number of carbonyl (C=O) groups is 2. The van der Waals surface area contributed by atoms with Crippen LogP contribution >= 0.6 is 0 Å². The number of esters is 2. The third-order valence-electron chi connectivity index (χ3n) is 3.27. The maximum atomic E-state index is 11.7. The molecule has 0 heterocycles. The fraction of sp³-hybridized carbons (Fsp3) is 0.111. The Bertz CT molecular complexity index is 793. The average molecular weight is 341 g/mol. The van der Waals surface area contributed by atoms with Crippen molar-refractivity contribution in [3.8, 4) is 0 Å². The molecule has 2 aromatic carbocycles. The highest BCUT2D eigenvalue weighted by Crippen LogP contribution is 2.13. The number of non-ortho nitro benzene ring substituents is 1. The van der Waals surface area contributed by atoms with Crippen molar-refractivity contribution in [3.63, 3.8) is 0 Å². The maximum Gasteiger partial charge on any atom is 0.337 e. The minimum Gasteiger partial charge on any atom is -0.465 e. The Balaban J connectivity index is 1.88. The summed E-state index contributed by atoms with van der Waals surface area (Å²) in [6.45, 7) is 0.0163. The molecule has 0 saturated carbocycles. The van der Waals surface area contributed by atoms with E-state index in [1.807, 2.05) is 0 Å². The summed E-state index contributed by atoms with van der Waals surface area (Å²) in [4.78, 5) is 33.1. The van der Waals surface area contributed by atoms with Crippen LogP contribution < -0.4 is 0 Å². The predicted octanol–water partition coefficient (Wildman–Crippen LogP) is 3.14. The van der Waals surface area contributed by atoms with E-state index in [0.29, 0.717) is 11.1 Å². The minimum absolute atomic E-state index is 0.0163. The van der Waals surface area contributed by atoms with Gasteiger partial charge in [0.2, 0.25) is 0 Å². The minimum atomic E-state index is -0.546. The van der Waals surface area contributed by atoms with E-state index >= 15 is 0 Å². The van der Waals surface area contributed by atoms with Gasteiger partial charge in [-0.2, -0.15) is 0 Å². The Kier molecular flexibility index (Phi) is 6.00. The summed E-state index contributed by atoms with van der Waals surface area (Å²) in [5, 5.41) is 10.6. The van der Waals surface area contributed by atoms with Crippen molar-refractivity contribution in [2.24, 2.45) is 0 Å². The molecule has 0 N–H and O–H groups in total. The molecule has 0 aromatic heterocycles. The largest absolute Gasteiger partial charge is 0.465 e. The van der Waals surface area contributed by atoms with E-state index in [4.69, 9.17) is 4.74 Å². The zero-order valence-corrected chi connectivity index (χ0v) is 13.4. The molecule has 0 atom stereocenters. The van der Waals surface area contributed by atoms with Gasteiger partial charge < -0.3 is 9.47 Å². The Labute approximate surface area is 143 Å². The molecule has 0 aliphatic heterocycles. The standard InChI is InChI=1S/C18H15NO6/c1-24-18(21)15-7-2-13(3-8-15)6-11-17(20)25-12-14-4-9-16(10-5-14)19(22)23/h2-11H,12H2,1H3/b11-6+. The first kappa shape index (κ1) is 17.9. The Hall–Kier alpha value is -3.48. The van der Waals surface area contributed by atoms with Gasteiger partial charge in [-0.1, -0.05) is 12.1 Å². The van der Waals surface area contributed by atoms with Crippen molar-refractivity contribution >= 4 is 23.7 Å². The molecule has 0 aliphatic rings. The Morgan fingerprint density at radius 1 is 1.08 bits per heavy atom.